The van der Waals surface area contributed by atoms with Crippen LogP contribution in [0.25, 0.3) is 10.9 Å². The molecule has 0 fully saturated rings. The molecule has 5 amide bonds. The molecule has 41 heavy (non-hydrogen) atoms. The summed E-state index contributed by atoms with van der Waals surface area (Å²) in [5.74, 6) is -4.95. The lowest BCUT2D eigenvalue weighted by Crippen LogP contribution is -2.57. The minimum absolute atomic E-state index is 0.0200. The molecule has 0 saturated heterocycles. The highest BCUT2D eigenvalue weighted by Crippen LogP contribution is 2.19. The number of nitrogens with one attached hydrogen (secondary N) is 4. The van der Waals surface area contributed by atoms with E-state index in [-0.39, 0.29) is 44.4 Å². The molecule has 224 valence electrons. The Bertz CT molecular complexity index is 1260. The predicted octanol–water partition coefficient (Wildman–Crippen LogP) is -0.846. The maximum atomic E-state index is 13.2. The second kappa shape index (κ2) is 15.4. The van der Waals surface area contributed by atoms with Crippen molar-refractivity contribution in [2.45, 2.75) is 76.5 Å². The van der Waals surface area contributed by atoms with E-state index in [2.05, 4.69) is 20.9 Å². The summed E-state index contributed by atoms with van der Waals surface area (Å²) in [7, 11) is 0. The molecule has 11 N–H and O–H groups in total. The molecule has 1 aromatic heterocycles. The van der Waals surface area contributed by atoms with Crippen molar-refractivity contribution in [1.82, 2.24) is 20.9 Å². The molecule has 14 heteroatoms. The van der Waals surface area contributed by atoms with Gasteiger partial charge in [0.15, 0.2) is 0 Å². The first-order chi connectivity index (χ1) is 19.3. The van der Waals surface area contributed by atoms with Crippen LogP contribution >= 0.6 is 0 Å². The number of aromatic nitrogens is 1. The van der Waals surface area contributed by atoms with Crippen LogP contribution in [0.5, 0.6) is 0 Å². The summed E-state index contributed by atoms with van der Waals surface area (Å²) in [5.41, 5.74) is 17.7. The highest BCUT2D eigenvalue weighted by Gasteiger charge is 2.31. The SMILES string of the molecule is CC(C)CC(NC(=O)C(N)CCC(N)=O)C(=O)NC(CCC(N)=O)C(=O)NC(Cc1c[nH]c2ccccc12)C(=O)O. The van der Waals surface area contributed by atoms with Crippen LogP contribution in [-0.4, -0.2) is 69.8 Å². The number of aliphatic carboxylic acids is 1. The Labute approximate surface area is 237 Å². The lowest BCUT2D eigenvalue weighted by molar-refractivity contribution is -0.142. The van der Waals surface area contributed by atoms with Gasteiger partial charge in [0, 0.05) is 36.4 Å². The fourth-order valence-corrected chi connectivity index (χ4v) is 4.23. The number of para-hydroxylation sites is 1. The van der Waals surface area contributed by atoms with Crippen molar-refractivity contribution >= 4 is 46.4 Å². The van der Waals surface area contributed by atoms with Crippen molar-refractivity contribution in [2.24, 2.45) is 23.1 Å². The molecule has 0 aliphatic carbocycles. The van der Waals surface area contributed by atoms with Crippen LogP contribution in [0.4, 0.5) is 0 Å². The van der Waals surface area contributed by atoms with Crippen LogP contribution in [-0.2, 0) is 35.2 Å². The van der Waals surface area contributed by atoms with Crippen molar-refractivity contribution < 1.29 is 33.9 Å². The lowest BCUT2D eigenvalue weighted by atomic mass is 10.0. The maximum Gasteiger partial charge on any atom is 0.326 e. The summed E-state index contributed by atoms with van der Waals surface area (Å²) in [6, 6.07) is 2.42. The van der Waals surface area contributed by atoms with Crippen molar-refractivity contribution in [2.75, 3.05) is 0 Å². The summed E-state index contributed by atoms with van der Waals surface area (Å²) >= 11 is 0. The first kappa shape index (κ1) is 32.8. The molecule has 0 spiro atoms. The molecule has 0 aliphatic rings. The Hall–Kier alpha value is -4.46. The standard InChI is InChI=1S/C27H39N7O7/c1-14(2)11-20(33-24(37)17(28)7-9-22(29)35)26(39)32-19(8-10-23(30)36)25(38)34-21(27(40)41)12-15-13-31-18-6-4-3-5-16(15)18/h3-6,13-14,17,19-21,31H,7-12,28H2,1-2H3,(H2,29,35)(H2,30,36)(H,32,39)(H,33,37)(H,34,38)(H,40,41). The van der Waals surface area contributed by atoms with E-state index in [9.17, 15) is 33.9 Å². The summed E-state index contributed by atoms with van der Waals surface area (Å²) < 4.78 is 0. The molecular weight excluding hydrogens is 534 g/mol. The summed E-state index contributed by atoms with van der Waals surface area (Å²) in [5, 5.41) is 18.1. The minimum atomic E-state index is -1.34. The monoisotopic (exact) mass is 573 g/mol. The molecule has 4 unspecified atom stereocenters. The Morgan fingerprint density at radius 3 is 2.00 bits per heavy atom. The number of nitrogens with two attached hydrogens (primary N) is 3. The fourth-order valence-electron chi connectivity index (χ4n) is 4.23. The topological polar surface area (TPSA) is 253 Å². The number of H-pyrrole nitrogens is 1. The minimum Gasteiger partial charge on any atom is -0.480 e. The molecule has 0 bridgehead atoms. The van der Waals surface area contributed by atoms with Gasteiger partial charge in [-0.25, -0.2) is 4.79 Å². The van der Waals surface area contributed by atoms with E-state index in [1.165, 1.54) is 0 Å². The van der Waals surface area contributed by atoms with Crippen LogP contribution < -0.4 is 33.2 Å². The highest BCUT2D eigenvalue weighted by molar-refractivity contribution is 5.94. The number of benzene rings is 1. The summed E-state index contributed by atoms with van der Waals surface area (Å²) in [6.45, 7) is 3.64. The van der Waals surface area contributed by atoms with Gasteiger partial charge in [-0.15, -0.1) is 0 Å². The quantitative estimate of drug-likeness (QED) is 0.118. The largest absolute Gasteiger partial charge is 0.480 e. The molecule has 0 saturated carbocycles. The van der Waals surface area contributed by atoms with Gasteiger partial charge in [0.1, 0.15) is 18.1 Å². The van der Waals surface area contributed by atoms with Crippen molar-refractivity contribution in [3.63, 3.8) is 0 Å². The van der Waals surface area contributed by atoms with Gasteiger partial charge < -0.3 is 43.2 Å². The van der Waals surface area contributed by atoms with Crippen LogP contribution in [0.3, 0.4) is 0 Å². The number of carboxylic acids is 1. The van der Waals surface area contributed by atoms with E-state index in [4.69, 9.17) is 17.2 Å². The number of aromatic amines is 1. The van der Waals surface area contributed by atoms with Crippen molar-refractivity contribution in [1.29, 1.82) is 0 Å². The van der Waals surface area contributed by atoms with Crippen molar-refractivity contribution in [3.05, 3.63) is 36.0 Å². The molecule has 4 atom stereocenters. The Morgan fingerprint density at radius 1 is 0.829 bits per heavy atom. The number of fused-ring (bicyclic) bond motifs is 1. The average molecular weight is 574 g/mol. The van der Waals surface area contributed by atoms with E-state index in [0.29, 0.717) is 5.56 Å². The smallest absolute Gasteiger partial charge is 0.326 e. The normalized spacial score (nSPS) is 14.0. The van der Waals surface area contributed by atoms with Gasteiger partial charge in [-0.05, 0) is 36.8 Å². The first-order valence-electron chi connectivity index (χ1n) is 13.3. The highest BCUT2D eigenvalue weighted by atomic mass is 16.4. The number of carbonyl (C=O) groups is 6. The van der Waals surface area contributed by atoms with Gasteiger partial charge in [0.25, 0.3) is 0 Å². The molecule has 2 aromatic rings. The number of primary amides is 2. The molecule has 2 rings (SSSR count). The van der Waals surface area contributed by atoms with E-state index < -0.39 is 59.7 Å². The van der Waals surface area contributed by atoms with E-state index in [1.807, 2.05) is 32.0 Å². The van der Waals surface area contributed by atoms with Crippen LogP contribution in [0.15, 0.2) is 30.5 Å². The number of hydrogen-bond donors (Lipinski definition) is 8. The van der Waals surface area contributed by atoms with E-state index in [1.54, 1.807) is 12.3 Å². The van der Waals surface area contributed by atoms with Gasteiger partial charge in [0.05, 0.1) is 6.04 Å². The number of carboxylic acid groups (broad SMARTS) is 1. The number of rotatable bonds is 17. The van der Waals surface area contributed by atoms with Crippen LogP contribution in [0.1, 0.15) is 51.5 Å². The van der Waals surface area contributed by atoms with Crippen LogP contribution in [0, 0.1) is 5.92 Å². The zero-order valence-corrected chi connectivity index (χ0v) is 23.1. The third-order valence-electron chi connectivity index (χ3n) is 6.40. The predicted molar refractivity (Wildman–Crippen MR) is 150 cm³/mol. The van der Waals surface area contributed by atoms with Gasteiger partial charge in [-0.2, -0.15) is 0 Å². The number of carbonyl (C=O) groups excluding carboxylic acids is 5. The molecule has 1 aromatic carbocycles. The zero-order chi connectivity index (χ0) is 30.7. The second-order valence-electron chi connectivity index (χ2n) is 10.3. The second-order valence-corrected chi connectivity index (χ2v) is 10.3. The van der Waals surface area contributed by atoms with E-state index >= 15 is 0 Å². The Balaban J connectivity index is 2.19. The number of hydrogen-bond acceptors (Lipinski definition) is 7. The zero-order valence-electron chi connectivity index (χ0n) is 23.1. The Kier molecular flexibility index (Phi) is 12.3. The van der Waals surface area contributed by atoms with Gasteiger partial charge in [0.2, 0.25) is 29.5 Å². The maximum absolute atomic E-state index is 13.2. The molecule has 0 aliphatic heterocycles. The van der Waals surface area contributed by atoms with Crippen LogP contribution in [0.2, 0.25) is 0 Å². The Morgan fingerprint density at radius 2 is 1.39 bits per heavy atom. The van der Waals surface area contributed by atoms with E-state index in [0.717, 1.165) is 10.9 Å². The third kappa shape index (κ3) is 10.6. The summed E-state index contributed by atoms with van der Waals surface area (Å²) in [6.07, 6.45) is 1.19. The fraction of sp³-hybridized carbons (Fsp3) is 0.481. The summed E-state index contributed by atoms with van der Waals surface area (Å²) in [4.78, 5) is 76.6. The third-order valence-corrected chi connectivity index (χ3v) is 6.40. The lowest BCUT2D eigenvalue weighted by Gasteiger charge is -2.26. The van der Waals surface area contributed by atoms with Gasteiger partial charge >= 0.3 is 5.97 Å². The molecule has 0 radical (unpaired) electrons. The molecule has 1 heterocycles. The number of amides is 5. The van der Waals surface area contributed by atoms with Gasteiger partial charge in [-0.3, -0.25) is 24.0 Å². The molecule has 14 nitrogen and oxygen atoms in total. The van der Waals surface area contributed by atoms with Gasteiger partial charge in [-0.1, -0.05) is 32.0 Å². The average Bonchev–Trinajstić information content (AvgIpc) is 3.30. The van der Waals surface area contributed by atoms with Crippen molar-refractivity contribution in [3.8, 4) is 0 Å². The molecular formula is C27H39N7O7. The first-order valence-corrected chi connectivity index (χ1v) is 13.3.